The van der Waals surface area contributed by atoms with Gasteiger partial charge in [0.25, 0.3) is 5.91 Å². The molecule has 1 aromatic heterocycles. The fourth-order valence-electron chi connectivity index (χ4n) is 2.57. The summed E-state index contributed by atoms with van der Waals surface area (Å²) in [6, 6.07) is 5.59. The molecule has 0 aliphatic rings. The average Bonchev–Trinajstić information content (AvgIpc) is 3.04. The van der Waals surface area contributed by atoms with Crippen molar-refractivity contribution in [1.29, 1.82) is 0 Å². The van der Waals surface area contributed by atoms with Crippen LogP contribution >= 0.6 is 0 Å². The highest BCUT2D eigenvalue weighted by Crippen LogP contribution is 2.29. The fraction of sp³-hybridized carbons (Fsp3) is 0.333. The number of aryl methyl sites for hydroxylation is 1. The van der Waals surface area contributed by atoms with Crippen LogP contribution in [0.2, 0.25) is 0 Å². The molecule has 0 atom stereocenters. The molecule has 1 heterocycles. The van der Waals surface area contributed by atoms with Gasteiger partial charge in [0.1, 0.15) is 22.6 Å². The number of furan rings is 1. The summed E-state index contributed by atoms with van der Waals surface area (Å²) in [5, 5.41) is 2.46. The quantitative estimate of drug-likeness (QED) is 0.376. The van der Waals surface area contributed by atoms with Crippen LogP contribution in [0, 0.1) is 6.92 Å². The van der Waals surface area contributed by atoms with Crippen LogP contribution in [0.25, 0.3) is 0 Å². The first-order valence-corrected chi connectivity index (χ1v) is 9.55. The van der Waals surface area contributed by atoms with Gasteiger partial charge in [0.2, 0.25) is 5.88 Å². The van der Waals surface area contributed by atoms with Gasteiger partial charge >= 0.3 is 18.1 Å². The number of esters is 2. The third kappa shape index (κ3) is 5.84. The van der Waals surface area contributed by atoms with E-state index in [4.69, 9.17) is 18.6 Å². The molecule has 0 spiro atoms. The van der Waals surface area contributed by atoms with Gasteiger partial charge in [-0.25, -0.2) is 14.4 Å². The number of hydrogen-bond acceptors (Lipinski definition) is 9. The lowest BCUT2D eigenvalue weighted by Crippen LogP contribution is -2.17. The Kier molecular flexibility index (Phi) is 8.18. The van der Waals surface area contributed by atoms with Crippen LogP contribution in [0.15, 0.2) is 28.7 Å². The maximum atomic E-state index is 12.6. The van der Waals surface area contributed by atoms with Gasteiger partial charge in [-0.1, -0.05) is 0 Å². The second kappa shape index (κ2) is 10.8. The van der Waals surface area contributed by atoms with Gasteiger partial charge in [-0.15, -0.1) is 0 Å². The highest BCUT2D eigenvalue weighted by Gasteiger charge is 2.31. The van der Waals surface area contributed by atoms with Gasteiger partial charge in [-0.3, -0.25) is 10.1 Å². The molecule has 0 unspecified atom stereocenters. The number of nitrogens with one attached hydrogen (secondary N) is 1. The monoisotopic (exact) mass is 433 g/mol. The lowest BCUT2D eigenvalue weighted by Gasteiger charge is -2.08. The van der Waals surface area contributed by atoms with Crippen LogP contribution < -0.4 is 10.1 Å². The van der Waals surface area contributed by atoms with Gasteiger partial charge in [0, 0.05) is 5.56 Å². The van der Waals surface area contributed by atoms with Crippen molar-refractivity contribution >= 4 is 29.9 Å². The maximum Gasteiger partial charge on any atom is 0.513 e. The van der Waals surface area contributed by atoms with Crippen LogP contribution in [0.5, 0.6) is 5.75 Å². The summed E-state index contributed by atoms with van der Waals surface area (Å²) in [4.78, 5) is 48.7. The predicted octanol–water partition coefficient (Wildman–Crippen LogP) is 3.73. The molecule has 0 aliphatic heterocycles. The number of ether oxygens (including phenoxy) is 4. The highest BCUT2D eigenvalue weighted by molar-refractivity contribution is 6.11. The minimum absolute atomic E-state index is 0.0562. The van der Waals surface area contributed by atoms with Crippen molar-refractivity contribution in [2.75, 3.05) is 25.1 Å². The van der Waals surface area contributed by atoms with E-state index in [1.54, 1.807) is 20.8 Å². The first kappa shape index (κ1) is 23.5. The molecule has 10 heteroatoms. The molecule has 166 valence electrons. The summed E-state index contributed by atoms with van der Waals surface area (Å²) in [5.74, 6) is -2.20. The molecule has 0 bridgehead atoms. The number of amides is 1. The number of benzene rings is 1. The minimum Gasteiger partial charge on any atom is -0.462 e. The van der Waals surface area contributed by atoms with Gasteiger partial charge in [0.15, 0.2) is 0 Å². The van der Waals surface area contributed by atoms with Crippen molar-refractivity contribution in [1.82, 2.24) is 0 Å². The molecule has 1 N–H and O–H groups in total. The Morgan fingerprint density at radius 2 is 1.39 bits per heavy atom. The molecule has 31 heavy (non-hydrogen) atoms. The topological polar surface area (TPSA) is 130 Å². The van der Waals surface area contributed by atoms with Gasteiger partial charge < -0.3 is 23.4 Å². The van der Waals surface area contributed by atoms with E-state index in [1.807, 2.05) is 0 Å². The highest BCUT2D eigenvalue weighted by atomic mass is 16.7. The number of carbonyl (C=O) groups is 4. The van der Waals surface area contributed by atoms with E-state index in [0.29, 0.717) is 0 Å². The SMILES string of the molecule is CCOC(=O)Oc1ccc(C(=O)Nc2oc(C)c(C(=O)OCC)c2C(=O)OCC)cc1. The van der Waals surface area contributed by atoms with E-state index in [1.165, 1.54) is 31.2 Å². The fourth-order valence-corrected chi connectivity index (χ4v) is 2.57. The van der Waals surface area contributed by atoms with Crippen LogP contribution in [0.3, 0.4) is 0 Å². The molecule has 0 aliphatic carbocycles. The molecule has 0 radical (unpaired) electrons. The van der Waals surface area contributed by atoms with Crippen molar-refractivity contribution in [3.63, 3.8) is 0 Å². The maximum absolute atomic E-state index is 12.6. The van der Waals surface area contributed by atoms with Crippen LogP contribution in [0.4, 0.5) is 10.7 Å². The lowest BCUT2D eigenvalue weighted by molar-refractivity contribution is 0.0480. The lowest BCUT2D eigenvalue weighted by atomic mass is 10.1. The molecule has 10 nitrogen and oxygen atoms in total. The normalized spacial score (nSPS) is 10.2. The van der Waals surface area contributed by atoms with Gasteiger partial charge in [-0.2, -0.15) is 0 Å². The molecular weight excluding hydrogens is 410 g/mol. The molecule has 1 amide bonds. The minimum atomic E-state index is -0.865. The van der Waals surface area contributed by atoms with Crippen LogP contribution in [-0.2, 0) is 14.2 Å². The molecule has 0 fully saturated rings. The Labute approximate surface area is 178 Å². The Balaban J connectivity index is 2.27. The molecule has 2 rings (SSSR count). The van der Waals surface area contributed by atoms with Crippen LogP contribution in [0.1, 0.15) is 57.6 Å². The Morgan fingerprint density at radius 1 is 0.839 bits per heavy atom. The predicted molar refractivity (Wildman–Crippen MR) is 107 cm³/mol. The van der Waals surface area contributed by atoms with E-state index >= 15 is 0 Å². The van der Waals surface area contributed by atoms with Crippen molar-refractivity contribution in [2.24, 2.45) is 0 Å². The molecular formula is C21H23NO9. The summed E-state index contributed by atoms with van der Waals surface area (Å²) >= 11 is 0. The average molecular weight is 433 g/mol. The Bertz CT molecular complexity index is 960. The van der Waals surface area contributed by atoms with E-state index in [0.717, 1.165) is 0 Å². The summed E-state index contributed by atoms with van der Waals surface area (Å²) in [5.41, 5.74) is -0.167. The molecule has 0 saturated heterocycles. The van der Waals surface area contributed by atoms with Crippen molar-refractivity contribution in [3.8, 4) is 5.75 Å². The second-order valence-corrected chi connectivity index (χ2v) is 5.94. The van der Waals surface area contributed by atoms with Gasteiger partial charge in [-0.05, 0) is 52.0 Å². The zero-order valence-corrected chi connectivity index (χ0v) is 17.6. The second-order valence-electron chi connectivity index (χ2n) is 5.94. The summed E-state index contributed by atoms with van der Waals surface area (Å²) < 4.78 is 25.0. The molecule has 2 aromatic rings. The number of hydrogen-bond donors (Lipinski definition) is 1. The van der Waals surface area contributed by atoms with Crippen molar-refractivity contribution < 1.29 is 42.5 Å². The largest absolute Gasteiger partial charge is 0.513 e. The zero-order valence-electron chi connectivity index (χ0n) is 17.6. The first-order chi connectivity index (χ1) is 14.8. The number of carbonyl (C=O) groups excluding carboxylic acids is 4. The van der Waals surface area contributed by atoms with Gasteiger partial charge in [0.05, 0.1) is 19.8 Å². The first-order valence-electron chi connectivity index (χ1n) is 9.55. The summed E-state index contributed by atoms with van der Waals surface area (Å²) in [7, 11) is 0. The Hall–Kier alpha value is -3.82. The summed E-state index contributed by atoms with van der Waals surface area (Å²) in [6.07, 6.45) is -0.865. The van der Waals surface area contributed by atoms with E-state index < -0.39 is 24.0 Å². The van der Waals surface area contributed by atoms with Crippen LogP contribution in [-0.4, -0.2) is 43.8 Å². The summed E-state index contributed by atoms with van der Waals surface area (Å²) in [6.45, 7) is 6.64. The number of anilines is 1. The molecule has 1 aromatic carbocycles. The smallest absolute Gasteiger partial charge is 0.462 e. The van der Waals surface area contributed by atoms with E-state index in [-0.39, 0.29) is 53.9 Å². The van der Waals surface area contributed by atoms with Crippen molar-refractivity contribution in [2.45, 2.75) is 27.7 Å². The Morgan fingerprint density at radius 3 is 1.94 bits per heavy atom. The standard InChI is InChI=1S/C21H23NO9/c1-5-27-19(24)15-12(4)30-18(16(15)20(25)28-6-2)22-17(23)13-8-10-14(11-9-13)31-21(26)29-7-3/h8-11H,5-7H2,1-4H3,(H,22,23). The van der Waals surface area contributed by atoms with E-state index in [9.17, 15) is 19.2 Å². The third-order valence-corrected chi connectivity index (χ3v) is 3.85. The van der Waals surface area contributed by atoms with E-state index in [2.05, 4.69) is 10.1 Å². The van der Waals surface area contributed by atoms with Crippen molar-refractivity contribution in [3.05, 3.63) is 46.7 Å². The zero-order chi connectivity index (χ0) is 23.0. The molecule has 0 saturated carbocycles. The number of rotatable bonds is 8. The third-order valence-electron chi connectivity index (χ3n) is 3.85.